The van der Waals surface area contributed by atoms with Crippen molar-refractivity contribution in [2.75, 3.05) is 19.6 Å². The number of oxazole rings is 1. The first-order valence-electron chi connectivity index (χ1n) is 6.71. The van der Waals surface area contributed by atoms with Crippen LogP contribution < -0.4 is 5.73 Å². The first kappa shape index (κ1) is 13.4. The number of hydrogen-bond donors (Lipinski definition) is 1. The molecule has 1 aromatic carbocycles. The van der Waals surface area contributed by atoms with Gasteiger partial charge in [0.05, 0.1) is 6.54 Å². The van der Waals surface area contributed by atoms with E-state index < -0.39 is 0 Å². The number of benzene rings is 1. The molecule has 1 aromatic heterocycles. The van der Waals surface area contributed by atoms with Gasteiger partial charge in [0.2, 0.25) is 5.91 Å². The highest BCUT2D eigenvalue weighted by atomic mass is 35.5. The lowest BCUT2D eigenvalue weighted by Crippen LogP contribution is -2.41. The number of halogens is 1. The fraction of sp³-hybridized carbons (Fsp3) is 0.429. The molecular weight excluding hydrogens is 278 g/mol. The van der Waals surface area contributed by atoms with Gasteiger partial charge in [0, 0.05) is 24.0 Å². The monoisotopic (exact) mass is 293 g/mol. The first-order chi connectivity index (χ1) is 9.67. The van der Waals surface area contributed by atoms with Crippen molar-refractivity contribution in [1.29, 1.82) is 0 Å². The fourth-order valence-electron chi connectivity index (χ4n) is 2.60. The summed E-state index contributed by atoms with van der Waals surface area (Å²) in [6.45, 7) is 1.49. The van der Waals surface area contributed by atoms with Crippen molar-refractivity contribution in [3.8, 4) is 0 Å². The summed E-state index contributed by atoms with van der Waals surface area (Å²) >= 11 is 5.95. The van der Waals surface area contributed by atoms with Crippen LogP contribution in [0.4, 0.5) is 0 Å². The lowest BCUT2D eigenvalue weighted by Gasteiger charge is -2.30. The predicted molar refractivity (Wildman–Crippen MR) is 76.6 cm³/mol. The van der Waals surface area contributed by atoms with E-state index in [1.54, 1.807) is 17.0 Å². The van der Waals surface area contributed by atoms with E-state index in [-0.39, 0.29) is 18.4 Å². The molecule has 0 radical (unpaired) electrons. The molecule has 2 N–H and O–H groups in total. The van der Waals surface area contributed by atoms with Gasteiger partial charge in [-0.05, 0) is 31.0 Å². The zero-order chi connectivity index (χ0) is 14.1. The zero-order valence-corrected chi connectivity index (χ0v) is 11.8. The Bertz CT molecular complexity index is 632. The number of fused-ring (bicyclic) bond motifs is 1. The number of carbonyl (C=O) groups excluding carboxylic acids is 1. The Morgan fingerprint density at radius 2 is 2.20 bits per heavy atom. The maximum Gasteiger partial charge on any atom is 0.236 e. The summed E-state index contributed by atoms with van der Waals surface area (Å²) in [6.07, 6.45) is 1.71. The SMILES string of the molecule is NCC(=O)N1CCC(c2nc3cc(Cl)ccc3o2)CC1. The van der Waals surface area contributed by atoms with Crippen LogP contribution in [0.5, 0.6) is 0 Å². The molecule has 6 heteroatoms. The maximum atomic E-state index is 11.5. The summed E-state index contributed by atoms with van der Waals surface area (Å²) < 4.78 is 5.79. The lowest BCUT2D eigenvalue weighted by atomic mass is 9.97. The molecule has 0 saturated carbocycles. The van der Waals surface area contributed by atoms with Gasteiger partial charge in [0.25, 0.3) is 0 Å². The molecule has 2 aromatic rings. The van der Waals surface area contributed by atoms with E-state index in [1.165, 1.54) is 0 Å². The molecule has 3 rings (SSSR count). The third-order valence-corrected chi connectivity index (χ3v) is 3.97. The van der Waals surface area contributed by atoms with Crippen LogP contribution in [0.25, 0.3) is 11.1 Å². The number of nitrogens with zero attached hydrogens (tertiary/aromatic N) is 2. The van der Waals surface area contributed by atoms with Gasteiger partial charge < -0.3 is 15.1 Å². The number of rotatable bonds is 2. The van der Waals surface area contributed by atoms with Crippen molar-refractivity contribution >= 4 is 28.6 Å². The molecule has 1 aliphatic heterocycles. The minimum atomic E-state index is 0.00722. The zero-order valence-electron chi connectivity index (χ0n) is 11.0. The Kier molecular flexibility index (Phi) is 3.63. The van der Waals surface area contributed by atoms with E-state index in [0.29, 0.717) is 18.1 Å². The van der Waals surface area contributed by atoms with Gasteiger partial charge in [-0.2, -0.15) is 0 Å². The van der Waals surface area contributed by atoms with Crippen LogP contribution in [-0.4, -0.2) is 35.4 Å². The largest absolute Gasteiger partial charge is 0.440 e. The van der Waals surface area contributed by atoms with Gasteiger partial charge in [0.1, 0.15) is 5.52 Å². The molecule has 0 aliphatic carbocycles. The van der Waals surface area contributed by atoms with Crippen molar-refractivity contribution < 1.29 is 9.21 Å². The summed E-state index contributed by atoms with van der Waals surface area (Å²) in [4.78, 5) is 17.8. The molecule has 2 heterocycles. The highest BCUT2D eigenvalue weighted by Crippen LogP contribution is 2.30. The maximum absolute atomic E-state index is 11.5. The summed E-state index contributed by atoms with van der Waals surface area (Å²) in [7, 11) is 0. The Labute approximate surface area is 121 Å². The van der Waals surface area contributed by atoms with E-state index in [4.69, 9.17) is 21.8 Å². The van der Waals surface area contributed by atoms with Gasteiger partial charge in [-0.15, -0.1) is 0 Å². The topological polar surface area (TPSA) is 72.4 Å². The molecule has 1 saturated heterocycles. The van der Waals surface area contributed by atoms with Gasteiger partial charge in [0.15, 0.2) is 11.5 Å². The number of likely N-dealkylation sites (tertiary alicyclic amines) is 1. The van der Waals surface area contributed by atoms with E-state index in [9.17, 15) is 4.79 Å². The van der Waals surface area contributed by atoms with E-state index in [2.05, 4.69) is 4.98 Å². The highest BCUT2D eigenvalue weighted by Gasteiger charge is 2.26. The van der Waals surface area contributed by atoms with Crippen molar-refractivity contribution in [3.05, 3.63) is 29.1 Å². The van der Waals surface area contributed by atoms with Crippen LogP contribution in [0.3, 0.4) is 0 Å². The van der Waals surface area contributed by atoms with Crippen LogP contribution in [0.2, 0.25) is 5.02 Å². The Hall–Kier alpha value is -1.59. The summed E-state index contributed by atoms with van der Waals surface area (Å²) in [5, 5.41) is 0.653. The summed E-state index contributed by atoms with van der Waals surface area (Å²) in [5.74, 6) is 0.998. The van der Waals surface area contributed by atoms with E-state index >= 15 is 0 Å². The molecule has 0 atom stereocenters. The Morgan fingerprint density at radius 3 is 2.90 bits per heavy atom. The normalized spacial score (nSPS) is 16.8. The number of piperidine rings is 1. The molecule has 1 amide bonds. The molecule has 1 aliphatic rings. The van der Waals surface area contributed by atoms with Crippen LogP contribution in [0.15, 0.2) is 22.6 Å². The minimum absolute atomic E-state index is 0.00722. The smallest absolute Gasteiger partial charge is 0.236 e. The standard InChI is InChI=1S/C14H16ClN3O2/c15-10-1-2-12-11(7-10)17-14(20-12)9-3-5-18(6-4-9)13(19)8-16/h1-2,7,9H,3-6,8,16H2. The highest BCUT2D eigenvalue weighted by molar-refractivity contribution is 6.31. The molecule has 20 heavy (non-hydrogen) atoms. The molecule has 0 unspecified atom stereocenters. The first-order valence-corrected chi connectivity index (χ1v) is 7.09. The van der Waals surface area contributed by atoms with Crippen LogP contribution in [0, 0.1) is 0 Å². The molecule has 0 bridgehead atoms. The predicted octanol–water partition coefficient (Wildman–Crippen LogP) is 2.15. The molecular formula is C14H16ClN3O2. The average Bonchev–Trinajstić information content (AvgIpc) is 2.89. The van der Waals surface area contributed by atoms with Crippen LogP contribution in [-0.2, 0) is 4.79 Å². The molecule has 106 valence electrons. The van der Waals surface area contributed by atoms with Gasteiger partial charge >= 0.3 is 0 Å². The molecule has 5 nitrogen and oxygen atoms in total. The van der Waals surface area contributed by atoms with Crippen molar-refractivity contribution in [2.45, 2.75) is 18.8 Å². The number of carbonyl (C=O) groups is 1. The second kappa shape index (κ2) is 5.42. The molecule has 0 spiro atoms. The van der Waals surface area contributed by atoms with Gasteiger partial charge in [-0.1, -0.05) is 11.6 Å². The Balaban J connectivity index is 1.75. The number of hydrogen-bond acceptors (Lipinski definition) is 4. The number of nitrogens with two attached hydrogens (primary N) is 1. The Morgan fingerprint density at radius 1 is 1.45 bits per heavy atom. The van der Waals surface area contributed by atoms with Crippen LogP contribution in [0.1, 0.15) is 24.7 Å². The average molecular weight is 294 g/mol. The van der Waals surface area contributed by atoms with Crippen LogP contribution >= 0.6 is 11.6 Å². The van der Waals surface area contributed by atoms with Crippen molar-refractivity contribution in [1.82, 2.24) is 9.88 Å². The van der Waals surface area contributed by atoms with Crippen molar-refractivity contribution in [3.63, 3.8) is 0 Å². The van der Waals surface area contributed by atoms with E-state index in [1.807, 2.05) is 6.07 Å². The summed E-state index contributed by atoms with van der Waals surface area (Å²) in [6, 6.07) is 5.43. The molecule has 1 fully saturated rings. The third kappa shape index (κ3) is 2.51. The van der Waals surface area contributed by atoms with Crippen molar-refractivity contribution in [2.24, 2.45) is 5.73 Å². The third-order valence-electron chi connectivity index (χ3n) is 3.74. The second-order valence-electron chi connectivity index (χ2n) is 5.02. The minimum Gasteiger partial charge on any atom is -0.440 e. The second-order valence-corrected chi connectivity index (χ2v) is 5.46. The van der Waals surface area contributed by atoms with Gasteiger partial charge in [-0.3, -0.25) is 4.79 Å². The number of amides is 1. The van der Waals surface area contributed by atoms with E-state index in [0.717, 1.165) is 29.8 Å². The fourth-order valence-corrected chi connectivity index (χ4v) is 2.76. The summed E-state index contributed by atoms with van der Waals surface area (Å²) in [5.41, 5.74) is 6.92. The van der Waals surface area contributed by atoms with Gasteiger partial charge in [-0.25, -0.2) is 4.98 Å². The quantitative estimate of drug-likeness (QED) is 0.921. The number of aromatic nitrogens is 1. The lowest BCUT2D eigenvalue weighted by molar-refractivity contribution is -0.130.